The maximum atomic E-state index is 13.0. The number of ether oxygens (including phenoxy) is 3. The summed E-state index contributed by atoms with van der Waals surface area (Å²) in [6.07, 6.45) is 0. The van der Waals surface area contributed by atoms with Crippen molar-refractivity contribution in [1.29, 1.82) is 0 Å². The van der Waals surface area contributed by atoms with Gasteiger partial charge in [0, 0.05) is 5.75 Å². The van der Waals surface area contributed by atoms with Gasteiger partial charge in [-0.2, -0.15) is 0 Å². The molecule has 1 aromatic carbocycles. The molecule has 0 aliphatic carbocycles. The monoisotopic (exact) mass is 384 g/mol. The molecule has 1 N–H and O–H groups in total. The average Bonchev–Trinajstić information content (AvgIpc) is 2.87. The second-order valence-electron chi connectivity index (χ2n) is 5.10. The molecule has 0 fully saturated rings. The summed E-state index contributed by atoms with van der Waals surface area (Å²) >= 11 is 0.830. The van der Waals surface area contributed by atoms with Gasteiger partial charge in [-0.25, -0.2) is 18.8 Å². The van der Waals surface area contributed by atoms with E-state index < -0.39 is 35.1 Å². The minimum Gasteiger partial charge on any atom is -0.501 e. The molecule has 2 rings (SSSR count). The van der Waals surface area contributed by atoms with Crippen molar-refractivity contribution in [2.24, 2.45) is 0 Å². The third kappa shape index (κ3) is 3.67. The van der Waals surface area contributed by atoms with Gasteiger partial charge in [0.1, 0.15) is 10.7 Å². The Bertz CT molecular complexity index is 724. The first-order valence-corrected chi connectivity index (χ1v) is 8.74. The Kier molecular flexibility index (Phi) is 6.25. The van der Waals surface area contributed by atoms with Crippen molar-refractivity contribution >= 4 is 29.7 Å². The van der Waals surface area contributed by atoms with Crippen LogP contribution in [-0.4, -0.2) is 41.8 Å². The Morgan fingerprint density at radius 1 is 1.15 bits per heavy atom. The lowest BCUT2D eigenvalue weighted by Crippen LogP contribution is -2.50. The first-order valence-electron chi connectivity index (χ1n) is 7.75. The number of benzene rings is 1. The van der Waals surface area contributed by atoms with Crippen LogP contribution in [-0.2, 0) is 34.3 Å². The molecule has 0 amide bonds. The molecule has 0 radical (unpaired) electrons. The van der Waals surface area contributed by atoms with Crippen LogP contribution >= 0.6 is 11.8 Å². The molecule has 0 bridgehead atoms. The van der Waals surface area contributed by atoms with Gasteiger partial charge in [0.25, 0.3) is 0 Å². The molecule has 0 unspecified atom stereocenters. The highest BCUT2D eigenvalue weighted by molar-refractivity contribution is 8.02. The lowest BCUT2D eigenvalue weighted by molar-refractivity contribution is -0.186. The average molecular weight is 384 g/mol. The smallest absolute Gasteiger partial charge is 0.376 e. The van der Waals surface area contributed by atoms with Gasteiger partial charge in [0.05, 0.1) is 13.2 Å². The maximum Gasteiger partial charge on any atom is 0.376 e. The number of thioether (sulfide) groups is 1. The summed E-state index contributed by atoms with van der Waals surface area (Å²) in [4.78, 5) is 36.4. The predicted molar refractivity (Wildman–Crippen MR) is 89.4 cm³/mol. The van der Waals surface area contributed by atoms with Gasteiger partial charge in [-0.15, -0.1) is 11.8 Å². The van der Waals surface area contributed by atoms with E-state index in [1.54, 1.807) is 0 Å². The number of cyclic esters (lactones) is 1. The summed E-state index contributed by atoms with van der Waals surface area (Å²) in [6, 6.07) is 5.47. The molecular formula is C17H17FO7S. The molecule has 0 spiro atoms. The third-order valence-corrected chi connectivity index (χ3v) is 4.64. The number of carbonyl (C=O) groups is 3. The predicted octanol–water partition coefficient (Wildman–Crippen LogP) is 2.25. The first kappa shape index (κ1) is 19.8. The first-order chi connectivity index (χ1) is 12.4. The Hall–Kier alpha value is -2.55. The summed E-state index contributed by atoms with van der Waals surface area (Å²) in [5.41, 5.74) is -1.87. The van der Waals surface area contributed by atoms with E-state index in [1.165, 1.54) is 38.1 Å². The molecule has 140 valence electrons. The van der Waals surface area contributed by atoms with Crippen LogP contribution in [0.15, 0.2) is 34.9 Å². The normalized spacial score (nSPS) is 15.6. The number of esters is 3. The molecule has 1 aliphatic heterocycles. The van der Waals surface area contributed by atoms with Crippen molar-refractivity contribution in [3.63, 3.8) is 0 Å². The van der Waals surface area contributed by atoms with E-state index in [0.29, 0.717) is 5.56 Å². The van der Waals surface area contributed by atoms with Gasteiger partial charge < -0.3 is 19.3 Å². The van der Waals surface area contributed by atoms with Gasteiger partial charge >= 0.3 is 23.5 Å². The van der Waals surface area contributed by atoms with E-state index in [-0.39, 0.29) is 23.9 Å². The van der Waals surface area contributed by atoms with Crippen molar-refractivity contribution in [2.45, 2.75) is 25.2 Å². The van der Waals surface area contributed by atoms with Crippen molar-refractivity contribution in [3.8, 4) is 0 Å². The standard InChI is InChI=1S/C17H17FO7S/c1-3-23-15(21)17(16(22)24-4-2)13(12(19)14(20)25-17)26-9-10-5-7-11(18)8-6-10/h5-8,19H,3-4,9H2,1-2H3. The largest absolute Gasteiger partial charge is 0.501 e. The van der Waals surface area contributed by atoms with Crippen LogP contribution in [0.1, 0.15) is 19.4 Å². The Balaban J connectivity index is 2.38. The summed E-state index contributed by atoms with van der Waals surface area (Å²) in [5, 5.41) is 10.1. The fourth-order valence-electron chi connectivity index (χ4n) is 2.22. The minimum atomic E-state index is -2.50. The molecule has 1 aliphatic rings. The second-order valence-corrected chi connectivity index (χ2v) is 6.09. The number of hydrogen-bond acceptors (Lipinski definition) is 8. The zero-order valence-electron chi connectivity index (χ0n) is 14.1. The minimum absolute atomic E-state index is 0.0752. The maximum absolute atomic E-state index is 13.0. The fourth-order valence-corrected chi connectivity index (χ4v) is 3.35. The second kappa shape index (κ2) is 8.22. The number of carbonyl (C=O) groups excluding carboxylic acids is 3. The van der Waals surface area contributed by atoms with E-state index >= 15 is 0 Å². The Morgan fingerprint density at radius 2 is 1.69 bits per heavy atom. The SMILES string of the molecule is CCOC(=O)C1(C(=O)OCC)OC(=O)C(O)=C1SCc1ccc(F)cc1. The highest BCUT2D eigenvalue weighted by Crippen LogP contribution is 2.42. The molecule has 26 heavy (non-hydrogen) atoms. The van der Waals surface area contributed by atoms with Crippen molar-refractivity contribution < 1.29 is 38.1 Å². The molecule has 9 heteroatoms. The summed E-state index contributed by atoms with van der Waals surface area (Å²) < 4.78 is 27.7. The zero-order valence-corrected chi connectivity index (χ0v) is 14.9. The summed E-state index contributed by atoms with van der Waals surface area (Å²) in [6.45, 7) is 2.88. The number of aliphatic hydroxyl groups excluding tert-OH is 1. The molecule has 0 atom stereocenters. The Morgan fingerprint density at radius 3 is 2.19 bits per heavy atom. The molecule has 0 saturated carbocycles. The van der Waals surface area contributed by atoms with E-state index in [9.17, 15) is 23.9 Å². The van der Waals surface area contributed by atoms with Gasteiger partial charge in [-0.05, 0) is 31.5 Å². The number of halogens is 1. The van der Waals surface area contributed by atoms with Crippen molar-refractivity contribution in [3.05, 3.63) is 46.3 Å². The van der Waals surface area contributed by atoms with Crippen LogP contribution in [0.2, 0.25) is 0 Å². The fraction of sp³-hybridized carbons (Fsp3) is 0.353. The third-order valence-electron chi connectivity index (χ3n) is 3.40. The quantitative estimate of drug-likeness (QED) is 0.434. The van der Waals surface area contributed by atoms with Gasteiger partial charge in [-0.3, -0.25) is 0 Å². The molecular weight excluding hydrogens is 367 g/mol. The number of aliphatic hydroxyl groups is 1. The number of rotatable bonds is 7. The number of hydrogen-bond donors (Lipinski definition) is 1. The van der Waals surface area contributed by atoms with Gasteiger partial charge in [-0.1, -0.05) is 12.1 Å². The van der Waals surface area contributed by atoms with Crippen LogP contribution in [0.3, 0.4) is 0 Å². The van der Waals surface area contributed by atoms with Crippen LogP contribution in [0, 0.1) is 5.82 Å². The topological polar surface area (TPSA) is 99.1 Å². The molecule has 7 nitrogen and oxygen atoms in total. The van der Waals surface area contributed by atoms with E-state index in [0.717, 1.165) is 11.8 Å². The summed E-state index contributed by atoms with van der Waals surface area (Å²) in [7, 11) is 0. The zero-order chi connectivity index (χ0) is 19.3. The highest BCUT2D eigenvalue weighted by atomic mass is 32.2. The molecule has 1 heterocycles. The van der Waals surface area contributed by atoms with Gasteiger partial charge in [0.2, 0.25) is 5.76 Å². The van der Waals surface area contributed by atoms with E-state index in [1.807, 2.05) is 0 Å². The molecule has 1 aromatic rings. The highest BCUT2D eigenvalue weighted by Gasteiger charge is 2.63. The molecule has 0 saturated heterocycles. The lowest BCUT2D eigenvalue weighted by atomic mass is 10.0. The molecule has 0 aromatic heterocycles. The van der Waals surface area contributed by atoms with E-state index in [4.69, 9.17) is 14.2 Å². The van der Waals surface area contributed by atoms with Crippen molar-refractivity contribution in [2.75, 3.05) is 13.2 Å². The van der Waals surface area contributed by atoms with Crippen molar-refractivity contribution in [1.82, 2.24) is 0 Å². The van der Waals surface area contributed by atoms with Crippen LogP contribution in [0.4, 0.5) is 4.39 Å². The van der Waals surface area contributed by atoms with E-state index in [2.05, 4.69) is 0 Å². The van der Waals surface area contributed by atoms with Crippen LogP contribution < -0.4 is 0 Å². The van der Waals surface area contributed by atoms with Gasteiger partial charge in [0.15, 0.2) is 0 Å². The lowest BCUT2D eigenvalue weighted by Gasteiger charge is -2.25. The Labute approximate surface area is 153 Å². The summed E-state index contributed by atoms with van der Waals surface area (Å²) in [5.74, 6) is -4.69. The van der Waals surface area contributed by atoms with Crippen LogP contribution in [0.25, 0.3) is 0 Å². The van der Waals surface area contributed by atoms with Crippen LogP contribution in [0.5, 0.6) is 0 Å².